The summed E-state index contributed by atoms with van der Waals surface area (Å²) in [5, 5.41) is 0. The number of piperidine rings is 1. The molecule has 1 spiro atoms. The average Bonchev–Trinajstić information content (AvgIpc) is 3.47. The molecule has 0 bridgehead atoms. The fourth-order valence-corrected chi connectivity index (χ4v) is 5.43. The Labute approximate surface area is 200 Å². The zero-order chi connectivity index (χ0) is 23.5. The summed E-state index contributed by atoms with van der Waals surface area (Å²) in [6.45, 7) is 3.26. The molecule has 3 fully saturated rings. The van der Waals surface area contributed by atoms with Crippen molar-refractivity contribution in [3.05, 3.63) is 66.2 Å². The molecular weight excluding hydrogens is 426 g/mol. The van der Waals surface area contributed by atoms with Crippen molar-refractivity contribution in [1.29, 1.82) is 0 Å². The van der Waals surface area contributed by atoms with Gasteiger partial charge in [-0.3, -0.25) is 14.4 Å². The van der Waals surface area contributed by atoms with Crippen molar-refractivity contribution >= 4 is 23.4 Å². The second kappa shape index (κ2) is 9.34. The molecule has 2 aromatic carbocycles. The quantitative estimate of drug-likeness (QED) is 0.655. The molecule has 1 unspecified atom stereocenters. The third-order valence-corrected chi connectivity index (χ3v) is 7.49. The van der Waals surface area contributed by atoms with Crippen LogP contribution < -0.4 is 4.90 Å². The van der Waals surface area contributed by atoms with Crippen molar-refractivity contribution in [1.82, 2.24) is 9.80 Å². The van der Waals surface area contributed by atoms with Gasteiger partial charge in [0.25, 0.3) is 5.91 Å². The lowest BCUT2D eigenvalue weighted by atomic mass is 9.77. The molecule has 3 aliphatic rings. The minimum absolute atomic E-state index is 0.0156. The van der Waals surface area contributed by atoms with Gasteiger partial charge in [-0.1, -0.05) is 42.3 Å². The van der Waals surface area contributed by atoms with Gasteiger partial charge < -0.3 is 14.7 Å². The number of likely N-dealkylation sites (tertiary alicyclic amines) is 2. The molecule has 3 saturated heterocycles. The summed E-state index contributed by atoms with van der Waals surface area (Å²) in [5.74, 6) is 5.42. The van der Waals surface area contributed by atoms with Gasteiger partial charge in [-0.2, -0.15) is 0 Å². The van der Waals surface area contributed by atoms with Gasteiger partial charge in [-0.15, -0.1) is 0 Å². The second-order valence-corrected chi connectivity index (χ2v) is 9.66. The predicted molar refractivity (Wildman–Crippen MR) is 130 cm³/mol. The second-order valence-electron chi connectivity index (χ2n) is 9.66. The highest BCUT2D eigenvalue weighted by Gasteiger charge is 2.45. The van der Waals surface area contributed by atoms with E-state index in [0.29, 0.717) is 19.6 Å². The third kappa shape index (κ3) is 4.56. The number of rotatable bonds is 2. The number of anilines is 1. The first-order valence-corrected chi connectivity index (χ1v) is 12.0. The summed E-state index contributed by atoms with van der Waals surface area (Å²) < 4.78 is 0. The van der Waals surface area contributed by atoms with Crippen LogP contribution in [0.3, 0.4) is 0 Å². The van der Waals surface area contributed by atoms with Crippen LogP contribution in [-0.4, -0.2) is 60.2 Å². The normalized spacial score (nSPS) is 21.5. The number of nitrogens with zero attached hydrogens (tertiary/aromatic N) is 3. The Morgan fingerprint density at radius 1 is 0.853 bits per heavy atom. The van der Waals surface area contributed by atoms with E-state index in [1.807, 2.05) is 70.5 Å². The van der Waals surface area contributed by atoms with Crippen LogP contribution in [0.2, 0.25) is 0 Å². The van der Waals surface area contributed by atoms with Gasteiger partial charge >= 0.3 is 0 Å². The van der Waals surface area contributed by atoms with Crippen LogP contribution in [0.25, 0.3) is 0 Å². The molecule has 0 aromatic heterocycles. The lowest BCUT2D eigenvalue weighted by Crippen LogP contribution is -2.45. The first-order chi connectivity index (χ1) is 16.5. The van der Waals surface area contributed by atoms with E-state index in [2.05, 4.69) is 11.8 Å². The first kappa shape index (κ1) is 22.2. The Balaban J connectivity index is 1.15. The van der Waals surface area contributed by atoms with E-state index in [4.69, 9.17) is 0 Å². The smallest absolute Gasteiger partial charge is 0.298 e. The molecule has 3 aliphatic heterocycles. The van der Waals surface area contributed by atoms with E-state index < -0.39 is 0 Å². The van der Waals surface area contributed by atoms with Crippen LogP contribution in [0.4, 0.5) is 5.69 Å². The van der Waals surface area contributed by atoms with E-state index in [1.165, 1.54) is 0 Å². The summed E-state index contributed by atoms with van der Waals surface area (Å²) in [4.78, 5) is 43.9. The minimum atomic E-state index is -0.280. The Hall–Kier alpha value is -3.59. The largest absolute Gasteiger partial charge is 0.342 e. The van der Waals surface area contributed by atoms with Crippen molar-refractivity contribution in [2.24, 2.45) is 11.3 Å². The van der Waals surface area contributed by atoms with E-state index in [-0.39, 0.29) is 35.5 Å². The summed E-state index contributed by atoms with van der Waals surface area (Å²) >= 11 is 0. The van der Waals surface area contributed by atoms with Crippen LogP contribution in [-0.2, 0) is 14.4 Å². The van der Waals surface area contributed by atoms with E-state index >= 15 is 0 Å². The number of carbonyl (C=O) groups is 3. The zero-order valence-electron chi connectivity index (χ0n) is 19.3. The highest BCUT2D eigenvalue weighted by molar-refractivity contribution is 6.00. The van der Waals surface area contributed by atoms with Gasteiger partial charge in [0.05, 0.1) is 5.92 Å². The Morgan fingerprint density at radius 2 is 1.47 bits per heavy atom. The standard InChI is InChI=1S/C28H29N3O3/c32-25(12-11-22-7-3-1-4-8-22)29-16-13-28(14-17-29)15-18-30(21-28)27(34)23-19-26(33)31(20-23)24-9-5-2-6-10-24/h1-10,23H,13-21H2. The van der Waals surface area contributed by atoms with Gasteiger partial charge in [0.15, 0.2) is 0 Å². The highest BCUT2D eigenvalue weighted by atomic mass is 16.2. The molecule has 34 heavy (non-hydrogen) atoms. The molecule has 0 N–H and O–H groups in total. The van der Waals surface area contributed by atoms with Crippen LogP contribution in [0.5, 0.6) is 0 Å². The Bertz CT molecular complexity index is 1130. The van der Waals surface area contributed by atoms with Gasteiger partial charge in [0.2, 0.25) is 11.8 Å². The van der Waals surface area contributed by atoms with E-state index in [9.17, 15) is 14.4 Å². The van der Waals surface area contributed by atoms with Crippen molar-refractivity contribution in [3.8, 4) is 11.8 Å². The van der Waals surface area contributed by atoms with Crippen LogP contribution in [0.15, 0.2) is 60.7 Å². The SMILES string of the molecule is O=C(C#Cc1ccccc1)N1CCC2(CC1)CCN(C(=O)C1CC(=O)N(c3ccccc3)C1)C2. The fraction of sp³-hybridized carbons (Fsp3) is 0.393. The summed E-state index contributed by atoms with van der Waals surface area (Å²) in [6.07, 6.45) is 3.00. The maximum absolute atomic E-state index is 13.3. The van der Waals surface area contributed by atoms with Crippen molar-refractivity contribution in [2.75, 3.05) is 37.6 Å². The summed E-state index contributed by atoms with van der Waals surface area (Å²) in [7, 11) is 0. The molecule has 6 nitrogen and oxygen atoms in total. The topological polar surface area (TPSA) is 60.9 Å². The maximum Gasteiger partial charge on any atom is 0.298 e. The molecule has 5 rings (SSSR count). The lowest BCUT2D eigenvalue weighted by Gasteiger charge is -2.38. The van der Waals surface area contributed by atoms with E-state index in [1.54, 1.807) is 4.90 Å². The zero-order valence-corrected chi connectivity index (χ0v) is 19.3. The highest BCUT2D eigenvalue weighted by Crippen LogP contribution is 2.41. The number of benzene rings is 2. The average molecular weight is 456 g/mol. The summed E-state index contributed by atoms with van der Waals surface area (Å²) in [5.41, 5.74) is 1.76. The van der Waals surface area contributed by atoms with Crippen LogP contribution in [0.1, 0.15) is 31.2 Å². The number of hydrogen-bond donors (Lipinski definition) is 0. The molecule has 0 radical (unpaired) electrons. The predicted octanol–water partition coefficient (Wildman–Crippen LogP) is 2.93. The molecule has 174 valence electrons. The molecule has 6 heteroatoms. The number of para-hydroxylation sites is 1. The van der Waals surface area contributed by atoms with Crippen LogP contribution in [0, 0.1) is 23.2 Å². The van der Waals surface area contributed by atoms with E-state index in [0.717, 1.165) is 43.6 Å². The monoisotopic (exact) mass is 455 g/mol. The maximum atomic E-state index is 13.3. The molecule has 3 heterocycles. The number of amides is 3. The minimum Gasteiger partial charge on any atom is -0.342 e. The molecular formula is C28H29N3O3. The number of carbonyl (C=O) groups excluding carboxylic acids is 3. The fourth-order valence-electron chi connectivity index (χ4n) is 5.43. The molecule has 0 saturated carbocycles. The lowest BCUT2D eigenvalue weighted by molar-refractivity contribution is -0.135. The Kier molecular flexibility index (Phi) is 6.10. The molecule has 0 aliphatic carbocycles. The summed E-state index contributed by atoms with van der Waals surface area (Å²) in [6, 6.07) is 19.1. The third-order valence-electron chi connectivity index (χ3n) is 7.49. The van der Waals surface area contributed by atoms with Crippen molar-refractivity contribution in [3.63, 3.8) is 0 Å². The van der Waals surface area contributed by atoms with Gasteiger partial charge in [-0.05, 0) is 48.9 Å². The van der Waals surface area contributed by atoms with Gasteiger partial charge in [0.1, 0.15) is 0 Å². The van der Waals surface area contributed by atoms with Crippen LogP contribution >= 0.6 is 0 Å². The molecule has 3 amide bonds. The molecule has 2 aromatic rings. The van der Waals surface area contributed by atoms with Gasteiger partial charge in [0, 0.05) is 56.3 Å². The van der Waals surface area contributed by atoms with Gasteiger partial charge in [-0.25, -0.2) is 0 Å². The number of hydrogen-bond acceptors (Lipinski definition) is 3. The first-order valence-electron chi connectivity index (χ1n) is 12.0. The Morgan fingerprint density at radius 3 is 2.15 bits per heavy atom. The van der Waals surface area contributed by atoms with Crippen molar-refractivity contribution in [2.45, 2.75) is 25.7 Å². The molecule has 1 atom stereocenters. The van der Waals surface area contributed by atoms with Crippen molar-refractivity contribution < 1.29 is 14.4 Å².